The third-order valence-electron chi connectivity index (χ3n) is 7.25. The molecule has 0 aliphatic carbocycles. The van der Waals surface area contributed by atoms with Gasteiger partial charge in [-0.05, 0) is 50.9 Å². The summed E-state index contributed by atoms with van der Waals surface area (Å²) in [5.41, 5.74) is 0. The molecular formula is C36H62O6. The van der Waals surface area contributed by atoms with Crippen LogP contribution >= 0.6 is 0 Å². The molecule has 0 aromatic heterocycles. The van der Waals surface area contributed by atoms with Crippen LogP contribution in [0.4, 0.5) is 0 Å². The predicted octanol–water partition coefficient (Wildman–Crippen LogP) is 8.72. The van der Waals surface area contributed by atoms with Gasteiger partial charge in [0.2, 0.25) is 0 Å². The summed E-state index contributed by atoms with van der Waals surface area (Å²) in [4.78, 5) is 24.1. The summed E-state index contributed by atoms with van der Waals surface area (Å²) in [7, 11) is 0. The SMILES string of the molecule is CCCCC/C=C\C/C=C\CC(O)/C=C\C=C\CCCC(=O)OC[C@H](CO)OC(=O)CCCCCCCCC(C)CC. The van der Waals surface area contributed by atoms with Crippen LogP contribution in [0, 0.1) is 5.92 Å². The van der Waals surface area contributed by atoms with E-state index in [1.165, 1.54) is 51.4 Å². The fourth-order valence-corrected chi connectivity index (χ4v) is 4.25. The molecule has 6 nitrogen and oxygen atoms in total. The highest BCUT2D eigenvalue weighted by Crippen LogP contribution is 2.15. The normalized spacial score (nSPS) is 14.3. The van der Waals surface area contributed by atoms with Crippen LogP contribution in [0.25, 0.3) is 0 Å². The number of aliphatic hydroxyl groups excluding tert-OH is 2. The first-order chi connectivity index (χ1) is 20.4. The molecule has 0 saturated heterocycles. The van der Waals surface area contributed by atoms with Crippen LogP contribution in [-0.4, -0.2) is 47.6 Å². The maximum atomic E-state index is 12.1. The second-order valence-electron chi connectivity index (χ2n) is 11.3. The van der Waals surface area contributed by atoms with Crippen molar-refractivity contribution in [3.8, 4) is 0 Å². The smallest absolute Gasteiger partial charge is 0.306 e. The van der Waals surface area contributed by atoms with Crippen molar-refractivity contribution in [3.05, 3.63) is 48.6 Å². The van der Waals surface area contributed by atoms with Gasteiger partial charge in [-0.25, -0.2) is 0 Å². The fraction of sp³-hybridized carbons (Fsp3) is 0.722. The van der Waals surface area contributed by atoms with Crippen molar-refractivity contribution in [2.24, 2.45) is 5.92 Å². The summed E-state index contributed by atoms with van der Waals surface area (Å²) >= 11 is 0. The van der Waals surface area contributed by atoms with Gasteiger partial charge >= 0.3 is 11.9 Å². The standard InChI is InChI=1S/C36H62O6/c1-4-6-7-8-9-10-11-16-21-26-33(38)27-22-17-14-19-23-28-35(39)41-31-34(30-37)42-36(40)29-24-18-13-12-15-20-25-32(3)5-2/h9-10,14,16-17,21-22,27,32-34,37-38H,4-8,11-13,15,18-20,23-26,28-31H2,1-3H3/b10-9-,17-14+,21-16-,27-22-/t32?,33?,34-/m0/s1. The fourth-order valence-electron chi connectivity index (χ4n) is 4.25. The Balaban J connectivity index is 3.85. The zero-order valence-corrected chi connectivity index (χ0v) is 27.0. The lowest BCUT2D eigenvalue weighted by Crippen LogP contribution is -2.28. The highest BCUT2D eigenvalue weighted by Gasteiger charge is 2.16. The number of hydrogen-bond donors (Lipinski definition) is 2. The summed E-state index contributed by atoms with van der Waals surface area (Å²) in [5, 5.41) is 19.5. The number of carbonyl (C=O) groups is 2. The van der Waals surface area contributed by atoms with E-state index in [1.54, 1.807) is 6.08 Å². The minimum atomic E-state index is -0.819. The molecule has 0 aromatic rings. The van der Waals surface area contributed by atoms with E-state index in [4.69, 9.17) is 9.47 Å². The van der Waals surface area contributed by atoms with Crippen molar-refractivity contribution < 1.29 is 29.3 Å². The van der Waals surface area contributed by atoms with Gasteiger partial charge in [-0.1, -0.05) is 127 Å². The summed E-state index contributed by atoms with van der Waals surface area (Å²) in [6.45, 7) is 6.24. The van der Waals surface area contributed by atoms with Gasteiger partial charge in [-0.15, -0.1) is 0 Å². The Morgan fingerprint density at radius 2 is 1.45 bits per heavy atom. The Morgan fingerprint density at radius 3 is 2.19 bits per heavy atom. The van der Waals surface area contributed by atoms with E-state index in [0.29, 0.717) is 25.7 Å². The number of aliphatic hydroxyl groups is 2. The van der Waals surface area contributed by atoms with Crippen molar-refractivity contribution in [2.45, 2.75) is 149 Å². The maximum Gasteiger partial charge on any atom is 0.306 e. The van der Waals surface area contributed by atoms with Crippen LogP contribution in [0.1, 0.15) is 136 Å². The molecule has 2 unspecified atom stereocenters. The van der Waals surface area contributed by atoms with Gasteiger partial charge < -0.3 is 19.7 Å². The number of allylic oxidation sites excluding steroid dienone is 6. The van der Waals surface area contributed by atoms with E-state index in [2.05, 4.69) is 39.0 Å². The highest BCUT2D eigenvalue weighted by atomic mass is 16.6. The van der Waals surface area contributed by atoms with Crippen molar-refractivity contribution in [3.63, 3.8) is 0 Å². The third kappa shape index (κ3) is 28.0. The summed E-state index contributed by atoms with van der Waals surface area (Å²) in [6, 6.07) is 0. The van der Waals surface area contributed by atoms with E-state index in [9.17, 15) is 19.8 Å². The van der Waals surface area contributed by atoms with Gasteiger partial charge in [0.15, 0.2) is 6.10 Å². The Kier molecular flexibility index (Phi) is 28.7. The Bertz CT molecular complexity index is 754. The molecule has 3 atom stereocenters. The topological polar surface area (TPSA) is 93.1 Å². The molecule has 42 heavy (non-hydrogen) atoms. The van der Waals surface area contributed by atoms with E-state index < -0.39 is 12.2 Å². The van der Waals surface area contributed by atoms with E-state index >= 15 is 0 Å². The number of carbonyl (C=O) groups excluding carboxylic acids is 2. The number of esters is 2. The Hall–Kier alpha value is -2.18. The molecule has 0 radical (unpaired) electrons. The first-order valence-electron chi connectivity index (χ1n) is 16.7. The van der Waals surface area contributed by atoms with Gasteiger partial charge in [0.05, 0.1) is 12.7 Å². The van der Waals surface area contributed by atoms with E-state index in [-0.39, 0.29) is 31.6 Å². The highest BCUT2D eigenvalue weighted by molar-refractivity contribution is 5.70. The van der Waals surface area contributed by atoms with Gasteiger partial charge in [-0.3, -0.25) is 9.59 Å². The first-order valence-corrected chi connectivity index (χ1v) is 16.7. The summed E-state index contributed by atoms with van der Waals surface area (Å²) in [5.74, 6) is 0.0805. The number of hydrogen-bond acceptors (Lipinski definition) is 6. The zero-order chi connectivity index (χ0) is 31.1. The third-order valence-corrected chi connectivity index (χ3v) is 7.25. The minimum Gasteiger partial charge on any atom is -0.462 e. The van der Waals surface area contributed by atoms with Crippen molar-refractivity contribution >= 4 is 11.9 Å². The monoisotopic (exact) mass is 590 g/mol. The van der Waals surface area contributed by atoms with Crippen LogP contribution < -0.4 is 0 Å². The molecule has 0 amide bonds. The molecule has 0 fully saturated rings. The molecule has 0 bridgehead atoms. The maximum absolute atomic E-state index is 12.1. The van der Waals surface area contributed by atoms with Crippen LogP contribution in [0.2, 0.25) is 0 Å². The number of unbranched alkanes of at least 4 members (excludes halogenated alkanes) is 9. The molecule has 2 N–H and O–H groups in total. The minimum absolute atomic E-state index is 0.128. The average Bonchev–Trinajstić information content (AvgIpc) is 2.98. The molecule has 0 aromatic carbocycles. The van der Waals surface area contributed by atoms with E-state index in [1.807, 2.05) is 24.3 Å². The summed E-state index contributed by atoms with van der Waals surface area (Å²) in [6.07, 6.45) is 32.0. The summed E-state index contributed by atoms with van der Waals surface area (Å²) < 4.78 is 10.5. The lowest BCUT2D eigenvalue weighted by Gasteiger charge is -2.15. The average molecular weight is 591 g/mol. The molecule has 0 rings (SSSR count). The largest absolute Gasteiger partial charge is 0.462 e. The quantitative estimate of drug-likeness (QED) is 0.0410. The Morgan fingerprint density at radius 1 is 0.762 bits per heavy atom. The van der Waals surface area contributed by atoms with E-state index in [0.717, 1.165) is 38.0 Å². The van der Waals surface area contributed by atoms with Crippen molar-refractivity contribution in [2.75, 3.05) is 13.2 Å². The number of ether oxygens (including phenoxy) is 2. The van der Waals surface area contributed by atoms with Crippen molar-refractivity contribution in [1.82, 2.24) is 0 Å². The Labute approximate surface area is 257 Å². The van der Waals surface area contributed by atoms with Gasteiger partial charge in [0, 0.05) is 12.8 Å². The van der Waals surface area contributed by atoms with Gasteiger partial charge in [-0.2, -0.15) is 0 Å². The molecule has 242 valence electrons. The molecule has 6 heteroatoms. The molecule has 0 heterocycles. The van der Waals surface area contributed by atoms with Gasteiger partial charge in [0.25, 0.3) is 0 Å². The second-order valence-corrected chi connectivity index (χ2v) is 11.3. The number of rotatable bonds is 28. The molecule has 0 aliphatic rings. The van der Waals surface area contributed by atoms with Crippen molar-refractivity contribution in [1.29, 1.82) is 0 Å². The molecule has 0 saturated carbocycles. The second kappa shape index (κ2) is 30.3. The van der Waals surface area contributed by atoms with Crippen LogP contribution in [0.3, 0.4) is 0 Å². The lowest BCUT2D eigenvalue weighted by atomic mass is 10.00. The van der Waals surface area contributed by atoms with Gasteiger partial charge in [0.1, 0.15) is 6.61 Å². The molecular weight excluding hydrogens is 528 g/mol. The van der Waals surface area contributed by atoms with Crippen LogP contribution in [0.5, 0.6) is 0 Å². The lowest BCUT2D eigenvalue weighted by molar-refractivity contribution is -0.161. The molecule has 0 aliphatic heterocycles. The zero-order valence-electron chi connectivity index (χ0n) is 27.0. The van der Waals surface area contributed by atoms with Crippen LogP contribution in [0.15, 0.2) is 48.6 Å². The molecule has 0 spiro atoms. The predicted molar refractivity (Wildman–Crippen MR) is 174 cm³/mol. The first kappa shape index (κ1) is 39.8. The van der Waals surface area contributed by atoms with Crippen LogP contribution in [-0.2, 0) is 19.1 Å².